The van der Waals surface area contributed by atoms with Gasteiger partial charge in [-0.25, -0.2) is 4.79 Å². The van der Waals surface area contributed by atoms with Gasteiger partial charge in [0.05, 0.1) is 16.9 Å². The minimum atomic E-state index is -1.06. The van der Waals surface area contributed by atoms with Crippen LogP contribution in [0.5, 0.6) is 5.75 Å². The smallest absolute Gasteiger partial charge is 0.337 e. The van der Waals surface area contributed by atoms with Gasteiger partial charge in [0.15, 0.2) is 5.75 Å². The summed E-state index contributed by atoms with van der Waals surface area (Å²) in [6, 6.07) is 7.40. The lowest BCUT2D eigenvalue weighted by molar-refractivity contribution is 0.0698. The van der Waals surface area contributed by atoms with Crippen LogP contribution in [-0.4, -0.2) is 21.2 Å². The number of aromatic nitrogens is 1. The lowest BCUT2D eigenvalue weighted by atomic mass is 10.1. The van der Waals surface area contributed by atoms with Gasteiger partial charge in [0, 0.05) is 6.20 Å². The van der Waals surface area contributed by atoms with E-state index in [0.29, 0.717) is 5.69 Å². The van der Waals surface area contributed by atoms with Crippen LogP contribution in [0.15, 0.2) is 41.3 Å². The van der Waals surface area contributed by atoms with Gasteiger partial charge < -0.3 is 26.7 Å². The number of hydrogen-bond donors (Lipinski definition) is 5. The van der Waals surface area contributed by atoms with E-state index in [1.165, 1.54) is 18.3 Å². The highest BCUT2D eigenvalue weighted by molar-refractivity contribution is 5.96. The Morgan fingerprint density at radius 2 is 1.84 bits per heavy atom. The molecule has 0 fully saturated rings. The number of aromatic amines is 1. The number of pyridine rings is 1. The summed E-state index contributed by atoms with van der Waals surface area (Å²) in [6.45, 7) is 0. The van der Waals surface area contributed by atoms with Crippen LogP contribution in [0.25, 0.3) is 0 Å². The van der Waals surface area contributed by atoms with Gasteiger partial charge in [0.2, 0.25) is 0 Å². The van der Waals surface area contributed by atoms with Gasteiger partial charge in [-0.15, -0.1) is 0 Å². The van der Waals surface area contributed by atoms with Crippen LogP contribution >= 0.6 is 0 Å². The summed E-state index contributed by atoms with van der Waals surface area (Å²) in [5.74, 6) is -1.30. The van der Waals surface area contributed by atoms with Gasteiger partial charge in [-0.2, -0.15) is 0 Å². The molecule has 0 aliphatic heterocycles. The second kappa shape index (κ2) is 6.10. The van der Waals surface area contributed by atoms with Crippen molar-refractivity contribution in [1.82, 2.24) is 4.98 Å². The van der Waals surface area contributed by atoms with Gasteiger partial charge in [-0.05, 0) is 24.3 Å². The van der Waals surface area contributed by atoms with Crippen LogP contribution in [0.2, 0.25) is 0 Å². The summed E-state index contributed by atoms with van der Waals surface area (Å²) < 4.78 is 0. The second-order valence-corrected chi connectivity index (χ2v) is 3.50. The van der Waals surface area contributed by atoms with Crippen molar-refractivity contribution in [3.05, 3.63) is 52.4 Å². The first-order chi connectivity index (χ1) is 8.93. The highest BCUT2D eigenvalue weighted by atomic mass is 16.4. The fraction of sp³-hybridized carbons (Fsp3) is 0. The van der Waals surface area contributed by atoms with Crippen molar-refractivity contribution < 1.29 is 15.0 Å². The van der Waals surface area contributed by atoms with Gasteiger partial charge in [0.1, 0.15) is 0 Å². The maximum absolute atomic E-state index is 10.4. The Bertz CT molecular complexity index is 637. The third-order valence-corrected chi connectivity index (χ3v) is 2.17. The van der Waals surface area contributed by atoms with Crippen LogP contribution in [0.4, 0.5) is 11.4 Å². The predicted octanol–water partition coefficient (Wildman–Crippen LogP) is 0.630. The number of nitrogen functional groups attached to an aromatic ring is 2. The number of benzene rings is 1. The second-order valence-electron chi connectivity index (χ2n) is 3.50. The van der Waals surface area contributed by atoms with Gasteiger partial charge in [-0.3, -0.25) is 4.79 Å². The zero-order chi connectivity index (χ0) is 14.4. The van der Waals surface area contributed by atoms with Crippen molar-refractivity contribution in [2.45, 2.75) is 0 Å². The number of nitrogens with two attached hydrogens (primary N) is 2. The molecule has 1 aromatic carbocycles. The molecule has 1 aromatic heterocycles. The molecule has 7 N–H and O–H groups in total. The molecule has 7 heteroatoms. The highest BCUT2D eigenvalue weighted by Crippen LogP contribution is 2.18. The number of carbonyl (C=O) groups is 1. The van der Waals surface area contributed by atoms with Crippen molar-refractivity contribution in [2.24, 2.45) is 0 Å². The van der Waals surface area contributed by atoms with Gasteiger partial charge in [-0.1, -0.05) is 6.07 Å². The van der Waals surface area contributed by atoms with E-state index in [1.54, 1.807) is 18.2 Å². The first kappa shape index (κ1) is 14.1. The first-order valence-electron chi connectivity index (χ1n) is 5.17. The Kier molecular flexibility index (Phi) is 4.53. The zero-order valence-corrected chi connectivity index (χ0v) is 9.83. The Morgan fingerprint density at radius 1 is 1.16 bits per heavy atom. The molecule has 1 heterocycles. The number of aromatic carboxylic acids is 1. The number of carboxylic acid groups (broad SMARTS) is 1. The molecule has 0 atom stereocenters. The van der Waals surface area contributed by atoms with E-state index in [4.69, 9.17) is 21.7 Å². The highest BCUT2D eigenvalue weighted by Gasteiger charge is 2.07. The quantitative estimate of drug-likeness (QED) is 0.477. The van der Waals surface area contributed by atoms with E-state index in [2.05, 4.69) is 4.98 Å². The molecule has 7 nitrogen and oxygen atoms in total. The molecule has 100 valence electrons. The standard InChI is InChI=1S/C7H8N2O2.C5H5NO2/c8-5-3-1-2-4(6(5)9)7(10)11;7-4-2-1-3-6-5(4)8/h1-3H,8-9H2,(H,10,11);1-3,7H,(H,6,8). The molecule has 2 rings (SSSR count). The molecule has 0 unspecified atom stereocenters. The average Bonchev–Trinajstić information content (AvgIpc) is 2.37. The van der Waals surface area contributed by atoms with Crippen LogP contribution in [0.1, 0.15) is 10.4 Å². The molecule has 0 aliphatic carbocycles. The molecular weight excluding hydrogens is 250 g/mol. The third kappa shape index (κ3) is 3.77. The summed E-state index contributed by atoms with van der Waals surface area (Å²) in [5, 5.41) is 17.1. The van der Waals surface area contributed by atoms with E-state index >= 15 is 0 Å². The summed E-state index contributed by atoms with van der Waals surface area (Å²) >= 11 is 0. The number of aromatic hydroxyl groups is 1. The van der Waals surface area contributed by atoms with Crippen LogP contribution in [0.3, 0.4) is 0 Å². The summed E-state index contributed by atoms with van der Waals surface area (Å²) in [4.78, 5) is 23.0. The number of anilines is 2. The van der Waals surface area contributed by atoms with Crippen molar-refractivity contribution in [2.75, 3.05) is 11.5 Å². The normalized spacial score (nSPS) is 9.26. The summed E-state index contributed by atoms with van der Waals surface area (Å²) in [6.07, 6.45) is 1.46. The third-order valence-electron chi connectivity index (χ3n) is 2.17. The number of nitrogens with one attached hydrogen (secondary N) is 1. The lowest BCUT2D eigenvalue weighted by Crippen LogP contribution is -2.04. The van der Waals surface area contributed by atoms with Crippen molar-refractivity contribution in [1.29, 1.82) is 0 Å². The zero-order valence-electron chi connectivity index (χ0n) is 9.83. The summed E-state index contributed by atoms with van der Waals surface area (Å²) in [5.41, 5.74) is 10.8. The predicted molar refractivity (Wildman–Crippen MR) is 71.0 cm³/mol. The topological polar surface area (TPSA) is 142 Å². The van der Waals surface area contributed by atoms with Gasteiger partial charge in [0.25, 0.3) is 5.56 Å². The first-order valence-corrected chi connectivity index (χ1v) is 5.17. The molecule has 0 bridgehead atoms. The largest absolute Gasteiger partial charge is 0.503 e. The minimum absolute atomic E-state index is 0.0463. The SMILES string of the molecule is Nc1cccc(C(=O)O)c1N.O=c1[nH]cccc1O. The number of rotatable bonds is 1. The fourth-order valence-corrected chi connectivity index (χ4v) is 1.18. The molecular formula is C12H13N3O4. The van der Waals surface area contributed by atoms with Crippen LogP contribution in [-0.2, 0) is 0 Å². The van der Waals surface area contributed by atoms with E-state index in [0.717, 1.165) is 0 Å². The molecule has 0 saturated carbocycles. The van der Waals surface area contributed by atoms with Crippen molar-refractivity contribution >= 4 is 17.3 Å². The molecule has 2 aromatic rings. The number of para-hydroxylation sites is 1. The Balaban J connectivity index is 0.000000200. The molecule has 0 amide bonds. The van der Waals surface area contributed by atoms with E-state index in [9.17, 15) is 9.59 Å². The minimum Gasteiger partial charge on any atom is -0.503 e. The monoisotopic (exact) mass is 263 g/mol. The lowest BCUT2D eigenvalue weighted by Gasteiger charge is -2.01. The molecule has 0 aliphatic rings. The average molecular weight is 263 g/mol. The molecule has 19 heavy (non-hydrogen) atoms. The number of H-pyrrole nitrogens is 1. The van der Waals surface area contributed by atoms with E-state index in [-0.39, 0.29) is 17.0 Å². The Morgan fingerprint density at radius 3 is 2.26 bits per heavy atom. The Hall–Kier alpha value is -2.96. The molecule has 0 saturated heterocycles. The fourth-order valence-electron chi connectivity index (χ4n) is 1.18. The maximum atomic E-state index is 10.4. The van der Waals surface area contributed by atoms with Crippen molar-refractivity contribution in [3.8, 4) is 5.75 Å². The number of hydrogen-bond acceptors (Lipinski definition) is 5. The molecule has 0 radical (unpaired) electrons. The number of carboxylic acids is 1. The van der Waals surface area contributed by atoms with Crippen LogP contribution < -0.4 is 17.0 Å². The van der Waals surface area contributed by atoms with E-state index in [1.807, 2.05) is 0 Å². The maximum Gasteiger partial charge on any atom is 0.337 e. The van der Waals surface area contributed by atoms with Crippen LogP contribution in [0, 0.1) is 0 Å². The van der Waals surface area contributed by atoms with Crippen molar-refractivity contribution in [3.63, 3.8) is 0 Å². The van der Waals surface area contributed by atoms with Gasteiger partial charge >= 0.3 is 5.97 Å². The molecule has 0 spiro atoms. The Labute approximate surface area is 108 Å². The van der Waals surface area contributed by atoms with E-state index < -0.39 is 11.5 Å². The summed E-state index contributed by atoms with van der Waals surface area (Å²) in [7, 11) is 0.